The minimum Gasteiger partial charge on any atom is -0.386 e. The Balaban J connectivity index is 1.94. The number of carbonyl (C=O) groups is 1. The van der Waals surface area contributed by atoms with Crippen molar-refractivity contribution in [2.24, 2.45) is 0 Å². The number of hydrogen-bond acceptors (Lipinski definition) is 4. The van der Waals surface area contributed by atoms with Crippen LogP contribution in [0.25, 0.3) is 0 Å². The van der Waals surface area contributed by atoms with Gasteiger partial charge in [0.15, 0.2) is 0 Å². The van der Waals surface area contributed by atoms with E-state index in [9.17, 15) is 9.90 Å². The van der Waals surface area contributed by atoms with Gasteiger partial charge in [-0.2, -0.15) is 5.10 Å². The van der Waals surface area contributed by atoms with Crippen LogP contribution >= 0.6 is 0 Å². The molecule has 106 valence electrons. The molecule has 1 aliphatic heterocycles. The molecule has 1 aromatic heterocycles. The van der Waals surface area contributed by atoms with Crippen LogP contribution in [0.15, 0.2) is 6.07 Å². The van der Waals surface area contributed by atoms with Gasteiger partial charge in [0.25, 0.3) is 0 Å². The fourth-order valence-corrected chi connectivity index (χ4v) is 2.28. The second-order valence-corrected chi connectivity index (χ2v) is 5.29. The Morgan fingerprint density at radius 3 is 2.95 bits per heavy atom. The van der Waals surface area contributed by atoms with Crippen LogP contribution in [-0.4, -0.2) is 46.2 Å². The molecule has 1 aliphatic rings. The molecule has 1 fully saturated rings. The fraction of sp³-hybridized carbons (Fsp3) is 0.692. The molecule has 0 radical (unpaired) electrons. The zero-order valence-corrected chi connectivity index (χ0v) is 11.6. The van der Waals surface area contributed by atoms with Crippen molar-refractivity contribution in [3.63, 3.8) is 0 Å². The minimum absolute atomic E-state index is 0.147. The van der Waals surface area contributed by atoms with Crippen molar-refractivity contribution >= 4 is 5.91 Å². The van der Waals surface area contributed by atoms with Gasteiger partial charge < -0.3 is 15.2 Å². The molecule has 2 atom stereocenters. The van der Waals surface area contributed by atoms with Crippen molar-refractivity contribution < 1.29 is 14.6 Å². The number of rotatable bonds is 4. The lowest BCUT2D eigenvalue weighted by atomic mass is 10.0. The topological polar surface area (TPSA) is 76.4 Å². The van der Waals surface area contributed by atoms with E-state index in [1.54, 1.807) is 11.6 Å². The summed E-state index contributed by atoms with van der Waals surface area (Å²) in [6.07, 6.45) is 0.557. The molecular weight excluding hydrogens is 246 g/mol. The highest BCUT2D eigenvalue weighted by Crippen LogP contribution is 2.17. The largest absolute Gasteiger partial charge is 0.386 e. The number of nitrogens with one attached hydrogen (secondary N) is 1. The van der Waals surface area contributed by atoms with Crippen LogP contribution < -0.4 is 5.32 Å². The van der Waals surface area contributed by atoms with Gasteiger partial charge in [-0.25, -0.2) is 0 Å². The first kappa shape index (κ1) is 14.0. The van der Waals surface area contributed by atoms with E-state index in [0.29, 0.717) is 13.0 Å². The maximum absolute atomic E-state index is 12.1. The van der Waals surface area contributed by atoms with E-state index < -0.39 is 5.60 Å². The van der Waals surface area contributed by atoms with Crippen LogP contribution in [0, 0.1) is 13.8 Å². The van der Waals surface area contributed by atoms with E-state index in [1.807, 2.05) is 19.9 Å². The summed E-state index contributed by atoms with van der Waals surface area (Å²) in [5, 5.41) is 17.2. The average Bonchev–Trinajstić information content (AvgIpc) is 2.92. The van der Waals surface area contributed by atoms with Gasteiger partial charge in [0, 0.05) is 25.3 Å². The minimum atomic E-state index is -0.926. The van der Waals surface area contributed by atoms with E-state index in [0.717, 1.165) is 11.4 Å². The van der Waals surface area contributed by atoms with Crippen LogP contribution in [0.4, 0.5) is 0 Å². The smallest absolute Gasteiger partial charge is 0.244 e. The molecule has 6 nitrogen and oxygen atoms in total. The number of carbonyl (C=O) groups excluding carboxylic acids is 1. The maximum Gasteiger partial charge on any atom is 0.244 e. The van der Waals surface area contributed by atoms with Crippen LogP contribution in [0.1, 0.15) is 30.8 Å². The van der Waals surface area contributed by atoms with E-state index in [-0.39, 0.29) is 25.1 Å². The van der Waals surface area contributed by atoms with Gasteiger partial charge in [0.2, 0.25) is 5.91 Å². The molecule has 0 bridgehead atoms. The molecule has 0 spiro atoms. The maximum atomic E-state index is 12.1. The van der Waals surface area contributed by atoms with Gasteiger partial charge in [-0.3, -0.25) is 9.48 Å². The normalized spacial score (nSPS) is 24.4. The van der Waals surface area contributed by atoms with Crippen LogP contribution in [0.5, 0.6) is 0 Å². The second kappa shape index (κ2) is 5.30. The Hall–Kier alpha value is -1.40. The summed E-state index contributed by atoms with van der Waals surface area (Å²) in [7, 11) is 0. The predicted molar refractivity (Wildman–Crippen MR) is 69.8 cm³/mol. The van der Waals surface area contributed by atoms with Crippen molar-refractivity contribution in [2.45, 2.75) is 38.8 Å². The standard InChI is InChI=1S/C13H21N3O3/c1-9-6-10(2)16(15-9)11(3)12(17)14-7-13(18)4-5-19-8-13/h6,11,18H,4-5,7-8H2,1-3H3,(H,14,17). The first-order valence-electron chi connectivity index (χ1n) is 6.52. The SMILES string of the molecule is Cc1cc(C)n(C(C)C(=O)NCC2(O)CCOC2)n1. The van der Waals surface area contributed by atoms with Gasteiger partial charge in [-0.05, 0) is 26.8 Å². The number of nitrogens with zero attached hydrogens (tertiary/aromatic N) is 2. The molecular formula is C13H21N3O3. The van der Waals surface area contributed by atoms with Crippen molar-refractivity contribution in [1.29, 1.82) is 0 Å². The third kappa shape index (κ3) is 3.13. The van der Waals surface area contributed by atoms with Crippen LogP contribution in [0.2, 0.25) is 0 Å². The van der Waals surface area contributed by atoms with E-state index in [4.69, 9.17) is 4.74 Å². The molecule has 2 N–H and O–H groups in total. The predicted octanol–water partition coefficient (Wildman–Crippen LogP) is 0.329. The van der Waals surface area contributed by atoms with E-state index in [2.05, 4.69) is 10.4 Å². The van der Waals surface area contributed by atoms with Gasteiger partial charge >= 0.3 is 0 Å². The van der Waals surface area contributed by atoms with E-state index >= 15 is 0 Å². The van der Waals surface area contributed by atoms with Gasteiger partial charge in [-0.1, -0.05) is 0 Å². The number of aryl methyl sites for hydroxylation is 2. The fourth-order valence-electron chi connectivity index (χ4n) is 2.28. The molecule has 6 heteroatoms. The molecule has 2 heterocycles. The lowest BCUT2D eigenvalue weighted by Gasteiger charge is -2.22. The quantitative estimate of drug-likeness (QED) is 0.824. The van der Waals surface area contributed by atoms with Crippen LogP contribution in [-0.2, 0) is 9.53 Å². The lowest BCUT2D eigenvalue weighted by Crippen LogP contribution is -2.45. The average molecular weight is 267 g/mol. The summed E-state index contributed by atoms with van der Waals surface area (Å²) in [5.41, 5.74) is 0.910. The Kier molecular flexibility index (Phi) is 3.91. The Labute approximate surface area is 112 Å². The lowest BCUT2D eigenvalue weighted by molar-refractivity contribution is -0.125. The number of amides is 1. The highest BCUT2D eigenvalue weighted by atomic mass is 16.5. The zero-order valence-electron chi connectivity index (χ0n) is 11.6. The molecule has 1 saturated heterocycles. The zero-order chi connectivity index (χ0) is 14.0. The molecule has 1 amide bonds. The van der Waals surface area contributed by atoms with E-state index in [1.165, 1.54) is 0 Å². The summed E-state index contributed by atoms with van der Waals surface area (Å²) in [6.45, 7) is 6.65. The first-order chi connectivity index (χ1) is 8.91. The van der Waals surface area contributed by atoms with Crippen molar-refractivity contribution in [3.05, 3.63) is 17.5 Å². The molecule has 1 aromatic rings. The second-order valence-electron chi connectivity index (χ2n) is 5.29. The third-order valence-corrected chi connectivity index (χ3v) is 3.47. The molecule has 2 rings (SSSR count). The summed E-state index contributed by atoms with van der Waals surface area (Å²) >= 11 is 0. The van der Waals surface area contributed by atoms with Crippen LogP contribution in [0.3, 0.4) is 0 Å². The Bertz CT molecular complexity index is 464. The highest BCUT2D eigenvalue weighted by molar-refractivity contribution is 5.79. The summed E-state index contributed by atoms with van der Waals surface area (Å²) < 4.78 is 6.84. The number of hydrogen-bond donors (Lipinski definition) is 2. The van der Waals surface area contributed by atoms with Crippen molar-refractivity contribution in [1.82, 2.24) is 15.1 Å². The van der Waals surface area contributed by atoms with Crippen molar-refractivity contribution in [3.8, 4) is 0 Å². The molecule has 0 aromatic carbocycles. The summed E-state index contributed by atoms with van der Waals surface area (Å²) in [4.78, 5) is 12.1. The third-order valence-electron chi connectivity index (χ3n) is 3.47. The summed E-state index contributed by atoms with van der Waals surface area (Å²) in [6, 6.07) is 1.54. The number of ether oxygens (including phenoxy) is 1. The van der Waals surface area contributed by atoms with Gasteiger partial charge in [0.05, 0.1) is 12.3 Å². The first-order valence-corrected chi connectivity index (χ1v) is 6.52. The number of aromatic nitrogens is 2. The number of aliphatic hydroxyl groups is 1. The molecule has 19 heavy (non-hydrogen) atoms. The van der Waals surface area contributed by atoms with Crippen molar-refractivity contribution in [2.75, 3.05) is 19.8 Å². The molecule has 2 unspecified atom stereocenters. The molecule has 0 aliphatic carbocycles. The molecule has 0 saturated carbocycles. The monoisotopic (exact) mass is 267 g/mol. The van der Waals surface area contributed by atoms with Gasteiger partial charge in [-0.15, -0.1) is 0 Å². The Morgan fingerprint density at radius 2 is 2.42 bits per heavy atom. The summed E-state index contributed by atoms with van der Waals surface area (Å²) in [5.74, 6) is -0.147. The van der Waals surface area contributed by atoms with Gasteiger partial charge in [0.1, 0.15) is 11.6 Å². The Morgan fingerprint density at radius 1 is 1.68 bits per heavy atom. The highest BCUT2D eigenvalue weighted by Gasteiger charge is 2.33.